The summed E-state index contributed by atoms with van der Waals surface area (Å²) < 4.78 is 16.2. The van der Waals surface area contributed by atoms with E-state index in [1.54, 1.807) is 45.2 Å². The third-order valence-electron chi connectivity index (χ3n) is 3.69. The van der Waals surface area contributed by atoms with Gasteiger partial charge in [-0.1, -0.05) is 0 Å². The van der Waals surface area contributed by atoms with E-state index in [0.29, 0.717) is 24.5 Å². The van der Waals surface area contributed by atoms with Gasteiger partial charge in [-0.25, -0.2) is 0 Å². The second kappa shape index (κ2) is 8.28. The van der Waals surface area contributed by atoms with Crippen LogP contribution in [0, 0.1) is 0 Å². The van der Waals surface area contributed by atoms with Gasteiger partial charge in [0, 0.05) is 12.2 Å². The van der Waals surface area contributed by atoms with Crippen LogP contribution < -0.4 is 10.5 Å². The Balaban J connectivity index is 2.51. The van der Waals surface area contributed by atoms with Gasteiger partial charge in [0.15, 0.2) is 11.9 Å². The van der Waals surface area contributed by atoms with E-state index in [4.69, 9.17) is 19.9 Å². The van der Waals surface area contributed by atoms with E-state index >= 15 is 0 Å². The first-order chi connectivity index (χ1) is 12.1. The van der Waals surface area contributed by atoms with Gasteiger partial charge in [-0.2, -0.15) is 4.79 Å². The van der Waals surface area contributed by atoms with E-state index < -0.39 is 6.10 Å². The maximum Gasteiger partial charge on any atom is 0.330 e. The van der Waals surface area contributed by atoms with Crippen LogP contribution in [-0.2, 0) is 9.47 Å². The fourth-order valence-electron chi connectivity index (χ4n) is 2.54. The lowest BCUT2D eigenvalue weighted by atomic mass is 9.91. The summed E-state index contributed by atoms with van der Waals surface area (Å²) in [5, 5.41) is 0. The summed E-state index contributed by atoms with van der Waals surface area (Å²) in [6.07, 6.45) is 0.660. The second-order valence-electron chi connectivity index (χ2n) is 5.19. The molecule has 1 aliphatic rings. The smallest absolute Gasteiger partial charge is 0.330 e. The standard InChI is InChI=1S/C18H21N3O4/c1-4-24-14-10-13(21-20)18(25-5-2)16(19)15(14)17(22)11-6-8-12(23-3)9-7-11/h6-10,18H,4-5,19H2,1-3H3. The van der Waals surface area contributed by atoms with Gasteiger partial charge in [-0.05, 0) is 38.1 Å². The molecule has 1 aromatic carbocycles. The van der Waals surface area contributed by atoms with Gasteiger partial charge in [0.25, 0.3) is 0 Å². The zero-order chi connectivity index (χ0) is 18.4. The predicted octanol–water partition coefficient (Wildman–Crippen LogP) is 2.10. The van der Waals surface area contributed by atoms with Crippen LogP contribution in [0.2, 0.25) is 0 Å². The Labute approximate surface area is 146 Å². The molecule has 1 unspecified atom stereocenters. The molecule has 2 rings (SSSR count). The summed E-state index contributed by atoms with van der Waals surface area (Å²) in [4.78, 5) is 16.2. The van der Waals surface area contributed by atoms with Crippen LogP contribution in [0.4, 0.5) is 0 Å². The van der Waals surface area contributed by atoms with Gasteiger partial charge in [0.1, 0.15) is 11.5 Å². The maximum absolute atomic E-state index is 13.0. The molecule has 1 aliphatic carbocycles. The highest BCUT2D eigenvalue weighted by Gasteiger charge is 2.37. The van der Waals surface area contributed by atoms with Gasteiger partial charge < -0.3 is 25.5 Å². The van der Waals surface area contributed by atoms with Gasteiger partial charge in [-0.3, -0.25) is 4.79 Å². The van der Waals surface area contributed by atoms with Crippen LogP contribution in [0.25, 0.3) is 5.53 Å². The van der Waals surface area contributed by atoms with Crippen LogP contribution in [0.3, 0.4) is 0 Å². The molecule has 0 radical (unpaired) electrons. The topological polar surface area (TPSA) is 107 Å². The minimum Gasteiger partial charge on any atom is -0.497 e. The van der Waals surface area contributed by atoms with Crippen LogP contribution >= 0.6 is 0 Å². The molecule has 0 spiro atoms. The molecule has 0 bridgehead atoms. The van der Waals surface area contributed by atoms with Crippen molar-refractivity contribution in [2.45, 2.75) is 20.0 Å². The quantitative estimate of drug-likeness (QED) is 0.463. The minimum absolute atomic E-state index is 0.154. The normalized spacial score (nSPS) is 17.0. The summed E-state index contributed by atoms with van der Waals surface area (Å²) >= 11 is 0. The molecule has 0 saturated carbocycles. The first-order valence-corrected chi connectivity index (χ1v) is 7.94. The number of benzene rings is 1. The number of allylic oxidation sites excluding steroid dienone is 1. The number of carbonyl (C=O) groups is 1. The Morgan fingerprint density at radius 1 is 1.24 bits per heavy atom. The molecular formula is C18H21N3O4. The molecule has 0 aromatic heterocycles. The lowest BCUT2D eigenvalue weighted by Crippen LogP contribution is -2.36. The van der Waals surface area contributed by atoms with Crippen molar-refractivity contribution in [2.24, 2.45) is 5.73 Å². The van der Waals surface area contributed by atoms with Crippen molar-refractivity contribution in [3.8, 4) is 5.75 Å². The maximum atomic E-state index is 13.0. The molecule has 0 fully saturated rings. The number of Topliss-reactive ketones (excluding diaryl/α,β-unsaturated/α-hetero) is 1. The van der Waals surface area contributed by atoms with Crippen molar-refractivity contribution in [2.75, 3.05) is 20.3 Å². The van der Waals surface area contributed by atoms with Gasteiger partial charge in [0.05, 0.1) is 31.1 Å². The average Bonchev–Trinajstić information content (AvgIpc) is 2.63. The highest BCUT2D eigenvalue weighted by Crippen LogP contribution is 2.27. The predicted molar refractivity (Wildman–Crippen MR) is 92.3 cm³/mol. The summed E-state index contributed by atoms with van der Waals surface area (Å²) in [5.74, 6) is 0.593. The average molecular weight is 343 g/mol. The lowest BCUT2D eigenvalue weighted by molar-refractivity contribution is -0.0237. The molecule has 132 valence electrons. The number of methoxy groups -OCH3 is 1. The number of hydrogen-bond donors (Lipinski definition) is 1. The summed E-state index contributed by atoms with van der Waals surface area (Å²) in [5.41, 5.74) is 16.4. The fraction of sp³-hybridized carbons (Fsp3) is 0.333. The van der Waals surface area contributed by atoms with E-state index in [1.165, 1.54) is 6.08 Å². The van der Waals surface area contributed by atoms with E-state index in [9.17, 15) is 10.3 Å². The Bertz CT molecular complexity index is 759. The summed E-state index contributed by atoms with van der Waals surface area (Å²) in [7, 11) is 1.55. The molecule has 25 heavy (non-hydrogen) atoms. The first-order valence-electron chi connectivity index (χ1n) is 7.94. The fourth-order valence-corrected chi connectivity index (χ4v) is 2.54. The van der Waals surface area contributed by atoms with Crippen LogP contribution in [0.5, 0.6) is 5.75 Å². The molecule has 1 atom stereocenters. The second-order valence-corrected chi connectivity index (χ2v) is 5.19. The van der Waals surface area contributed by atoms with Crippen LogP contribution in [-0.4, -0.2) is 42.7 Å². The molecule has 1 aromatic rings. The highest BCUT2D eigenvalue weighted by atomic mass is 16.5. The van der Waals surface area contributed by atoms with Crippen LogP contribution in [0.1, 0.15) is 24.2 Å². The zero-order valence-electron chi connectivity index (χ0n) is 14.5. The molecular weight excluding hydrogens is 322 g/mol. The monoisotopic (exact) mass is 343 g/mol. The number of carbonyl (C=O) groups excluding carboxylic acids is 1. The number of hydrogen-bond acceptors (Lipinski definition) is 5. The largest absolute Gasteiger partial charge is 0.497 e. The van der Waals surface area contributed by atoms with Crippen molar-refractivity contribution in [3.05, 3.63) is 58.5 Å². The molecule has 0 heterocycles. The Hall–Kier alpha value is -2.89. The molecule has 7 nitrogen and oxygen atoms in total. The summed E-state index contributed by atoms with van der Waals surface area (Å²) in [6, 6.07) is 6.68. The van der Waals surface area contributed by atoms with Gasteiger partial charge >= 0.3 is 5.71 Å². The molecule has 0 aliphatic heterocycles. The third-order valence-corrected chi connectivity index (χ3v) is 3.69. The highest BCUT2D eigenvalue weighted by molar-refractivity contribution is 6.15. The van der Waals surface area contributed by atoms with E-state index in [0.717, 1.165) is 0 Å². The number of nitrogens with zero attached hydrogens (tertiary/aromatic N) is 2. The Kier molecular flexibility index (Phi) is 6.11. The van der Waals surface area contributed by atoms with Crippen molar-refractivity contribution in [1.82, 2.24) is 0 Å². The molecule has 0 saturated heterocycles. The van der Waals surface area contributed by atoms with E-state index in [1.807, 2.05) is 0 Å². The minimum atomic E-state index is -0.809. The Morgan fingerprint density at radius 3 is 2.44 bits per heavy atom. The van der Waals surface area contributed by atoms with E-state index in [-0.39, 0.29) is 28.5 Å². The number of ether oxygens (including phenoxy) is 3. The number of ketones is 1. The Morgan fingerprint density at radius 2 is 1.92 bits per heavy atom. The van der Waals surface area contributed by atoms with E-state index in [2.05, 4.69) is 4.79 Å². The molecule has 0 amide bonds. The van der Waals surface area contributed by atoms with Crippen molar-refractivity contribution < 1.29 is 23.8 Å². The first kappa shape index (κ1) is 18.4. The third kappa shape index (κ3) is 3.79. The van der Waals surface area contributed by atoms with Crippen molar-refractivity contribution in [3.63, 3.8) is 0 Å². The van der Waals surface area contributed by atoms with Crippen molar-refractivity contribution in [1.29, 1.82) is 0 Å². The SMILES string of the molecule is CCOC1=CC(=[N+]=[N-])C(OCC)C(N)=C1C(=O)c1ccc(OC)cc1. The van der Waals surface area contributed by atoms with Gasteiger partial charge in [0.2, 0.25) is 0 Å². The number of nitrogens with two attached hydrogens (primary N) is 1. The zero-order valence-corrected chi connectivity index (χ0v) is 14.5. The number of rotatable bonds is 7. The molecule has 7 heteroatoms. The van der Waals surface area contributed by atoms with Gasteiger partial charge in [-0.15, -0.1) is 0 Å². The molecule has 2 N–H and O–H groups in total. The lowest BCUT2D eigenvalue weighted by Gasteiger charge is -2.22. The summed E-state index contributed by atoms with van der Waals surface area (Å²) in [6.45, 7) is 4.24. The van der Waals surface area contributed by atoms with Crippen molar-refractivity contribution >= 4 is 11.5 Å². The van der Waals surface area contributed by atoms with Crippen LogP contribution in [0.15, 0.2) is 47.4 Å².